The third kappa shape index (κ3) is 4.71. The van der Waals surface area contributed by atoms with Crippen molar-refractivity contribution in [1.29, 1.82) is 0 Å². The summed E-state index contributed by atoms with van der Waals surface area (Å²) in [4.78, 5) is 27.8. The molecule has 0 unspecified atom stereocenters. The van der Waals surface area contributed by atoms with Gasteiger partial charge in [0.1, 0.15) is 0 Å². The van der Waals surface area contributed by atoms with Crippen LogP contribution in [-0.2, 0) is 9.63 Å². The monoisotopic (exact) mass is 253 g/mol. The second kappa shape index (κ2) is 6.45. The largest absolute Gasteiger partial charge is 0.479 e. The molecule has 98 valence electrons. The Hall–Kier alpha value is -2.28. The van der Waals surface area contributed by atoms with Crippen molar-refractivity contribution in [1.82, 2.24) is 5.48 Å². The highest BCUT2D eigenvalue weighted by Crippen LogP contribution is 2.15. The van der Waals surface area contributed by atoms with Gasteiger partial charge in [-0.15, -0.1) is 0 Å². The number of urea groups is 1. The lowest BCUT2D eigenvalue weighted by Crippen LogP contribution is -2.30. The standard InChI is InChI=1S/C11H15N3O4/c1-14(2)9-5-3-8(4-6-9)12-11(17)13-18-7-10(15)16/h3-6H,7H2,1-2H3,(H,15,16)(H2,12,13,17). The van der Waals surface area contributed by atoms with Crippen LogP contribution >= 0.6 is 0 Å². The van der Waals surface area contributed by atoms with E-state index in [1.807, 2.05) is 36.6 Å². The number of nitrogens with one attached hydrogen (secondary N) is 2. The van der Waals surface area contributed by atoms with Crippen molar-refractivity contribution in [2.75, 3.05) is 30.9 Å². The van der Waals surface area contributed by atoms with Crippen molar-refractivity contribution in [3.8, 4) is 0 Å². The summed E-state index contributed by atoms with van der Waals surface area (Å²) in [5.74, 6) is -1.16. The van der Waals surface area contributed by atoms with Crippen molar-refractivity contribution in [2.24, 2.45) is 0 Å². The van der Waals surface area contributed by atoms with Crippen LogP contribution in [-0.4, -0.2) is 37.8 Å². The van der Waals surface area contributed by atoms with Gasteiger partial charge in [0, 0.05) is 25.5 Å². The van der Waals surface area contributed by atoms with E-state index < -0.39 is 18.6 Å². The molecule has 0 saturated carbocycles. The summed E-state index contributed by atoms with van der Waals surface area (Å²) in [5.41, 5.74) is 3.54. The summed E-state index contributed by atoms with van der Waals surface area (Å²) >= 11 is 0. The summed E-state index contributed by atoms with van der Waals surface area (Å²) in [6.45, 7) is -0.590. The number of amides is 2. The van der Waals surface area contributed by atoms with Gasteiger partial charge in [-0.2, -0.15) is 0 Å². The number of aliphatic carboxylic acids is 1. The van der Waals surface area contributed by atoms with Gasteiger partial charge in [0.15, 0.2) is 6.61 Å². The molecule has 0 fully saturated rings. The first kappa shape index (κ1) is 13.8. The zero-order chi connectivity index (χ0) is 13.5. The molecule has 1 aromatic carbocycles. The number of anilines is 2. The number of carboxylic acid groups (broad SMARTS) is 1. The van der Waals surface area contributed by atoms with E-state index in [0.717, 1.165) is 5.69 Å². The zero-order valence-corrected chi connectivity index (χ0v) is 10.1. The van der Waals surface area contributed by atoms with E-state index in [1.165, 1.54) is 0 Å². The summed E-state index contributed by atoms with van der Waals surface area (Å²) in [5, 5.41) is 10.8. The highest BCUT2D eigenvalue weighted by atomic mass is 16.7. The smallest absolute Gasteiger partial charge is 0.343 e. The second-order valence-corrected chi connectivity index (χ2v) is 3.68. The van der Waals surface area contributed by atoms with Crippen LogP contribution < -0.4 is 15.7 Å². The summed E-state index contributed by atoms with van der Waals surface area (Å²) in [7, 11) is 3.82. The summed E-state index contributed by atoms with van der Waals surface area (Å²) < 4.78 is 0. The topological polar surface area (TPSA) is 90.9 Å². The maximum atomic E-state index is 11.3. The van der Waals surface area contributed by atoms with Crippen LogP contribution in [0.2, 0.25) is 0 Å². The number of rotatable bonds is 5. The lowest BCUT2D eigenvalue weighted by molar-refractivity contribution is -0.143. The normalized spacial score (nSPS) is 9.67. The Morgan fingerprint density at radius 1 is 1.28 bits per heavy atom. The van der Waals surface area contributed by atoms with E-state index in [1.54, 1.807) is 12.1 Å². The van der Waals surface area contributed by atoms with Gasteiger partial charge in [0.2, 0.25) is 0 Å². The van der Waals surface area contributed by atoms with Gasteiger partial charge in [0.05, 0.1) is 0 Å². The number of benzene rings is 1. The SMILES string of the molecule is CN(C)c1ccc(NC(=O)NOCC(=O)O)cc1. The Kier molecular flexibility index (Phi) is 4.94. The molecule has 0 saturated heterocycles. The average molecular weight is 253 g/mol. The molecule has 0 heterocycles. The molecule has 1 aromatic rings. The maximum absolute atomic E-state index is 11.3. The van der Waals surface area contributed by atoms with Crippen molar-refractivity contribution >= 4 is 23.4 Å². The predicted octanol–water partition coefficient (Wildman–Crippen LogP) is 0.890. The van der Waals surface area contributed by atoms with Gasteiger partial charge < -0.3 is 15.3 Å². The Morgan fingerprint density at radius 3 is 2.39 bits per heavy atom. The fourth-order valence-electron chi connectivity index (χ4n) is 1.16. The van der Waals surface area contributed by atoms with E-state index in [4.69, 9.17) is 5.11 Å². The minimum Gasteiger partial charge on any atom is -0.479 e. The van der Waals surface area contributed by atoms with Gasteiger partial charge in [-0.05, 0) is 24.3 Å². The highest BCUT2D eigenvalue weighted by molar-refractivity contribution is 5.88. The molecule has 0 spiro atoms. The van der Waals surface area contributed by atoms with E-state index in [0.29, 0.717) is 5.69 Å². The van der Waals surface area contributed by atoms with E-state index in [-0.39, 0.29) is 0 Å². The number of hydroxylamine groups is 1. The molecule has 0 bridgehead atoms. The van der Waals surface area contributed by atoms with Crippen molar-refractivity contribution < 1.29 is 19.5 Å². The third-order valence-corrected chi connectivity index (χ3v) is 2.00. The van der Waals surface area contributed by atoms with Gasteiger partial charge in [-0.1, -0.05) is 0 Å². The van der Waals surface area contributed by atoms with E-state index in [2.05, 4.69) is 10.2 Å². The van der Waals surface area contributed by atoms with Crippen LogP contribution in [0, 0.1) is 0 Å². The molecule has 0 aliphatic carbocycles. The number of carbonyl (C=O) groups excluding carboxylic acids is 1. The average Bonchev–Trinajstić information content (AvgIpc) is 2.29. The molecular weight excluding hydrogens is 238 g/mol. The summed E-state index contributed by atoms with van der Waals surface area (Å²) in [6, 6.07) is 6.51. The molecule has 0 atom stereocenters. The highest BCUT2D eigenvalue weighted by Gasteiger charge is 2.03. The molecule has 0 aliphatic heterocycles. The number of carboxylic acids is 1. The molecule has 7 heteroatoms. The number of hydrogen-bond donors (Lipinski definition) is 3. The molecular formula is C11H15N3O4. The minimum absolute atomic E-state index is 0.581. The van der Waals surface area contributed by atoms with Crippen LogP contribution in [0.15, 0.2) is 24.3 Å². The lowest BCUT2D eigenvalue weighted by atomic mass is 10.2. The summed E-state index contributed by atoms with van der Waals surface area (Å²) in [6.07, 6.45) is 0. The van der Waals surface area contributed by atoms with Crippen LogP contribution in [0.1, 0.15) is 0 Å². The van der Waals surface area contributed by atoms with Gasteiger partial charge in [-0.25, -0.2) is 15.1 Å². The molecule has 0 aliphatic rings. The first-order chi connectivity index (χ1) is 8.49. The molecule has 0 aromatic heterocycles. The fourth-order valence-corrected chi connectivity index (χ4v) is 1.16. The molecule has 18 heavy (non-hydrogen) atoms. The molecule has 3 N–H and O–H groups in total. The van der Waals surface area contributed by atoms with E-state index >= 15 is 0 Å². The van der Waals surface area contributed by atoms with Crippen molar-refractivity contribution in [2.45, 2.75) is 0 Å². The van der Waals surface area contributed by atoms with Crippen LogP contribution in [0.3, 0.4) is 0 Å². The first-order valence-corrected chi connectivity index (χ1v) is 5.17. The second-order valence-electron chi connectivity index (χ2n) is 3.68. The van der Waals surface area contributed by atoms with Gasteiger partial charge in [-0.3, -0.25) is 4.84 Å². The number of nitrogens with zero attached hydrogens (tertiary/aromatic N) is 1. The van der Waals surface area contributed by atoms with E-state index in [9.17, 15) is 9.59 Å². The Bertz CT molecular complexity index is 417. The lowest BCUT2D eigenvalue weighted by Gasteiger charge is -2.13. The molecule has 2 amide bonds. The predicted molar refractivity (Wildman–Crippen MR) is 66.5 cm³/mol. The first-order valence-electron chi connectivity index (χ1n) is 5.17. The van der Waals surface area contributed by atoms with Crippen molar-refractivity contribution in [3.63, 3.8) is 0 Å². The van der Waals surface area contributed by atoms with Crippen molar-refractivity contribution in [3.05, 3.63) is 24.3 Å². The van der Waals surface area contributed by atoms with Crippen LogP contribution in [0.4, 0.5) is 16.2 Å². The van der Waals surface area contributed by atoms with Gasteiger partial charge in [0.25, 0.3) is 0 Å². The quantitative estimate of drug-likeness (QED) is 0.678. The third-order valence-electron chi connectivity index (χ3n) is 2.00. The zero-order valence-electron chi connectivity index (χ0n) is 10.1. The molecule has 7 nitrogen and oxygen atoms in total. The maximum Gasteiger partial charge on any atom is 0.343 e. The van der Waals surface area contributed by atoms with Crippen LogP contribution in [0.5, 0.6) is 0 Å². The number of hydrogen-bond acceptors (Lipinski definition) is 4. The Morgan fingerprint density at radius 2 is 1.89 bits per heavy atom. The molecule has 1 rings (SSSR count). The fraction of sp³-hybridized carbons (Fsp3) is 0.273. The van der Waals surface area contributed by atoms with Crippen LogP contribution in [0.25, 0.3) is 0 Å². The minimum atomic E-state index is -1.16. The Balaban J connectivity index is 2.42. The molecule has 0 radical (unpaired) electrons. The Labute approximate surface area is 104 Å². The van der Waals surface area contributed by atoms with Gasteiger partial charge >= 0.3 is 12.0 Å². The number of carbonyl (C=O) groups is 2.